The van der Waals surface area contributed by atoms with Crippen LogP contribution in [0.4, 0.5) is 4.39 Å². The first kappa shape index (κ1) is 16.0. The van der Waals surface area contributed by atoms with E-state index in [4.69, 9.17) is 0 Å². The maximum absolute atomic E-state index is 13.8. The van der Waals surface area contributed by atoms with Crippen molar-refractivity contribution in [1.82, 2.24) is 10.2 Å². The summed E-state index contributed by atoms with van der Waals surface area (Å²) in [7, 11) is 1.64. The van der Waals surface area contributed by atoms with Crippen LogP contribution in [0.3, 0.4) is 0 Å². The highest BCUT2D eigenvalue weighted by Gasteiger charge is 2.46. The molecule has 0 saturated carbocycles. The van der Waals surface area contributed by atoms with Crippen molar-refractivity contribution < 1.29 is 14.0 Å². The zero-order valence-electron chi connectivity index (χ0n) is 13.7. The second kappa shape index (κ2) is 5.95. The Morgan fingerprint density at radius 1 is 1.35 bits per heavy atom. The third kappa shape index (κ3) is 2.84. The second-order valence-corrected chi connectivity index (χ2v) is 6.80. The number of nitrogens with one attached hydrogen (secondary N) is 1. The molecule has 0 radical (unpaired) electrons. The number of carbonyl (C=O) groups is 2. The minimum absolute atomic E-state index is 0.0171. The Bertz CT molecular complexity index is 636. The van der Waals surface area contributed by atoms with Crippen molar-refractivity contribution in [2.75, 3.05) is 20.1 Å². The molecule has 1 saturated heterocycles. The van der Waals surface area contributed by atoms with Gasteiger partial charge in [-0.1, -0.05) is 6.07 Å². The molecule has 5 heteroatoms. The third-order valence-electron chi connectivity index (χ3n) is 5.54. The maximum Gasteiger partial charge on any atom is 0.220 e. The first-order valence-electron chi connectivity index (χ1n) is 8.21. The van der Waals surface area contributed by atoms with Gasteiger partial charge >= 0.3 is 0 Å². The number of hydrogen-bond donors (Lipinski definition) is 1. The molecule has 1 fully saturated rings. The lowest BCUT2D eigenvalue weighted by Gasteiger charge is -2.40. The molecule has 1 aromatic rings. The molecule has 1 unspecified atom stereocenters. The maximum atomic E-state index is 13.8. The molecular formula is C18H23FN2O2. The Hall–Kier alpha value is -1.91. The number of likely N-dealkylation sites (tertiary alicyclic amines) is 1. The molecule has 1 aliphatic carbocycles. The van der Waals surface area contributed by atoms with Gasteiger partial charge in [0.1, 0.15) is 5.82 Å². The first-order valence-corrected chi connectivity index (χ1v) is 8.21. The summed E-state index contributed by atoms with van der Waals surface area (Å²) in [6.45, 7) is 3.00. The first-order chi connectivity index (χ1) is 10.9. The van der Waals surface area contributed by atoms with Crippen molar-refractivity contribution in [3.8, 4) is 0 Å². The van der Waals surface area contributed by atoms with Crippen molar-refractivity contribution in [1.29, 1.82) is 0 Å². The quantitative estimate of drug-likeness (QED) is 0.910. The van der Waals surface area contributed by atoms with E-state index in [2.05, 4.69) is 5.32 Å². The summed E-state index contributed by atoms with van der Waals surface area (Å²) < 4.78 is 13.8. The standard InChI is InChI=1S/C18H23FN2O2/c1-12(22)21-7-5-18(6-8-21)11-13(9-17(23)20-2)15-4-3-14(19)10-16(15)18/h3-4,10,13H,5-9,11H2,1-2H3,(H,20,23). The second-order valence-electron chi connectivity index (χ2n) is 6.80. The van der Waals surface area contributed by atoms with Crippen LogP contribution in [0.5, 0.6) is 0 Å². The number of halogens is 1. The number of benzene rings is 1. The summed E-state index contributed by atoms with van der Waals surface area (Å²) in [5.41, 5.74) is 2.06. The van der Waals surface area contributed by atoms with Gasteiger partial charge in [-0.25, -0.2) is 4.39 Å². The van der Waals surface area contributed by atoms with E-state index in [-0.39, 0.29) is 29.0 Å². The Balaban J connectivity index is 1.90. The zero-order chi connectivity index (χ0) is 16.6. The summed E-state index contributed by atoms with van der Waals surface area (Å²) in [5.74, 6) is 0.0230. The predicted molar refractivity (Wildman–Crippen MR) is 85.6 cm³/mol. The Morgan fingerprint density at radius 2 is 2.04 bits per heavy atom. The summed E-state index contributed by atoms with van der Waals surface area (Å²) in [6.07, 6.45) is 2.98. The zero-order valence-corrected chi connectivity index (χ0v) is 13.7. The Labute approximate surface area is 136 Å². The molecule has 3 rings (SSSR count). The van der Waals surface area contributed by atoms with Crippen molar-refractivity contribution in [2.24, 2.45) is 0 Å². The molecule has 0 aromatic heterocycles. The normalized spacial score (nSPS) is 22.0. The molecule has 124 valence electrons. The van der Waals surface area contributed by atoms with Gasteiger partial charge < -0.3 is 10.2 Å². The van der Waals surface area contributed by atoms with Crippen LogP contribution in [0, 0.1) is 5.82 Å². The molecular weight excluding hydrogens is 295 g/mol. The molecule has 1 aliphatic heterocycles. The molecule has 1 spiro atoms. The number of fused-ring (bicyclic) bond motifs is 2. The Morgan fingerprint density at radius 3 is 2.65 bits per heavy atom. The average molecular weight is 318 g/mol. The van der Waals surface area contributed by atoms with Crippen molar-refractivity contribution in [3.05, 3.63) is 35.1 Å². The van der Waals surface area contributed by atoms with Gasteiger partial charge in [0, 0.05) is 33.5 Å². The van der Waals surface area contributed by atoms with Gasteiger partial charge in [0.25, 0.3) is 0 Å². The number of piperidine rings is 1. The van der Waals surface area contributed by atoms with Gasteiger partial charge in [-0.2, -0.15) is 0 Å². The molecule has 1 atom stereocenters. The summed E-state index contributed by atoms with van der Waals surface area (Å²) >= 11 is 0. The number of hydrogen-bond acceptors (Lipinski definition) is 2. The fraction of sp³-hybridized carbons (Fsp3) is 0.556. The van der Waals surface area contributed by atoms with E-state index in [1.165, 1.54) is 6.07 Å². The highest BCUT2D eigenvalue weighted by atomic mass is 19.1. The van der Waals surface area contributed by atoms with Crippen LogP contribution in [-0.4, -0.2) is 36.9 Å². The van der Waals surface area contributed by atoms with Crippen LogP contribution in [-0.2, 0) is 15.0 Å². The largest absolute Gasteiger partial charge is 0.359 e. The van der Waals surface area contributed by atoms with Crippen molar-refractivity contribution in [2.45, 2.75) is 43.9 Å². The summed E-state index contributed by atoms with van der Waals surface area (Å²) in [4.78, 5) is 25.2. The molecule has 23 heavy (non-hydrogen) atoms. The predicted octanol–water partition coefficient (Wildman–Crippen LogP) is 2.33. The molecule has 1 heterocycles. The van der Waals surface area contributed by atoms with E-state index < -0.39 is 0 Å². The van der Waals surface area contributed by atoms with E-state index in [1.54, 1.807) is 20.0 Å². The van der Waals surface area contributed by atoms with Crippen LogP contribution >= 0.6 is 0 Å². The lowest BCUT2D eigenvalue weighted by Crippen LogP contribution is -2.43. The lowest BCUT2D eigenvalue weighted by atomic mass is 9.73. The molecule has 1 N–H and O–H groups in total. The monoisotopic (exact) mass is 318 g/mol. The van der Waals surface area contributed by atoms with Crippen molar-refractivity contribution >= 4 is 11.8 Å². The minimum Gasteiger partial charge on any atom is -0.359 e. The number of amides is 2. The van der Waals surface area contributed by atoms with E-state index in [1.807, 2.05) is 11.0 Å². The van der Waals surface area contributed by atoms with E-state index in [9.17, 15) is 14.0 Å². The lowest BCUT2D eigenvalue weighted by molar-refractivity contribution is -0.130. The van der Waals surface area contributed by atoms with E-state index in [0.29, 0.717) is 19.5 Å². The average Bonchev–Trinajstić information content (AvgIpc) is 2.81. The topological polar surface area (TPSA) is 49.4 Å². The van der Waals surface area contributed by atoms with Crippen LogP contribution in [0.1, 0.15) is 49.7 Å². The van der Waals surface area contributed by atoms with E-state index in [0.717, 1.165) is 30.4 Å². The van der Waals surface area contributed by atoms with Gasteiger partial charge in [-0.15, -0.1) is 0 Å². The highest BCUT2D eigenvalue weighted by molar-refractivity contribution is 5.77. The molecule has 4 nitrogen and oxygen atoms in total. The number of rotatable bonds is 2. The highest BCUT2D eigenvalue weighted by Crippen LogP contribution is 2.52. The van der Waals surface area contributed by atoms with Gasteiger partial charge in [-0.3, -0.25) is 9.59 Å². The van der Waals surface area contributed by atoms with Crippen LogP contribution in [0.25, 0.3) is 0 Å². The summed E-state index contributed by atoms with van der Waals surface area (Å²) in [5, 5.41) is 2.68. The van der Waals surface area contributed by atoms with Gasteiger partial charge in [0.2, 0.25) is 11.8 Å². The third-order valence-corrected chi connectivity index (χ3v) is 5.54. The SMILES string of the molecule is CNC(=O)CC1CC2(CCN(C(C)=O)CC2)c2cc(F)ccc21. The molecule has 2 amide bonds. The molecule has 0 bridgehead atoms. The number of nitrogens with zero attached hydrogens (tertiary/aromatic N) is 1. The number of carbonyl (C=O) groups excluding carboxylic acids is 2. The fourth-order valence-corrected chi connectivity index (χ4v) is 4.27. The summed E-state index contributed by atoms with van der Waals surface area (Å²) in [6, 6.07) is 4.96. The minimum atomic E-state index is -0.224. The van der Waals surface area contributed by atoms with Crippen LogP contribution in [0.2, 0.25) is 0 Å². The molecule has 2 aliphatic rings. The fourth-order valence-electron chi connectivity index (χ4n) is 4.27. The van der Waals surface area contributed by atoms with Gasteiger partial charge in [0.15, 0.2) is 0 Å². The Kier molecular flexibility index (Phi) is 4.13. The van der Waals surface area contributed by atoms with Gasteiger partial charge in [-0.05, 0) is 53.9 Å². The van der Waals surface area contributed by atoms with Crippen LogP contribution < -0.4 is 5.32 Å². The van der Waals surface area contributed by atoms with Crippen LogP contribution in [0.15, 0.2) is 18.2 Å². The molecule has 1 aromatic carbocycles. The smallest absolute Gasteiger partial charge is 0.220 e. The van der Waals surface area contributed by atoms with Gasteiger partial charge in [0.05, 0.1) is 0 Å². The van der Waals surface area contributed by atoms with E-state index >= 15 is 0 Å². The van der Waals surface area contributed by atoms with Crippen molar-refractivity contribution in [3.63, 3.8) is 0 Å².